The van der Waals surface area contributed by atoms with Crippen LogP contribution in [0.15, 0.2) is 40.7 Å². The van der Waals surface area contributed by atoms with Crippen LogP contribution in [0.25, 0.3) is 0 Å². The minimum atomic E-state index is -0.272. The molecule has 7 nitrogen and oxygen atoms in total. The second-order valence-corrected chi connectivity index (χ2v) is 11.6. The number of aliphatic imine (C=N–C) groups is 1. The molecular weight excluding hydrogens is 424 g/mol. The minimum absolute atomic E-state index is 0.110. The van der Waals surface area contributed by atoms with Crippen molar-refractivity contribution in [3.8, 4) is 0 Å². The smallest absolute Gasteiger partial charge is 0.181 e. The molecule has 2 unspecified atom stereocenters. The lowest BCUT2D eigenvalue weighted by atomic mass is 9.93. The molecule has 1 aromatic rings. The predicted octanol–water partition coefficient (Wildman–Crippen LogP) is 2.34. The van der Waals surface area contributed by atoms with Crippen molar-refractivity contribution < 1.29 is 14.6 Å². The molecule has 3 saturated heterocycles. The van der Waals surface area contributed by atoms with Crippen LogP contribution in [-0.4, -0.2) is 71.4 Å². The third-order valence-electron chi connectivity index (χ3n) is 7.28. The molecule has 4 heterocycles. The Morgan fingerprint density at radius 2 is 2.00 bits per heavy atom. The summed E-state index contributed by atoms with van der Waals surface area (Å²) in [5.74, 6) is 1.79. The van der Waals surface area contributed by atoms with E-state index in [2.05, 4.69) is 73.7 Å². The van der Waals surface area contributed by atoms with Crippen LogP contribution in [0.4, 0.5) is 0 Å². The van der Waals surface area contributed by atoms with Crippen molar-refractivity contribution in [3.63, 3.8) is 0 Å². The zero-order valence-electron chi connectivity index (χ0n) is 19.6. The molecule has 4 aliphatic heterocycles. The Labute approximate surface area is 194 Å². The number of nitrogens with zero attached hydrogens (tertiary/aromatic N) is 2. The average Bonchev–Trinajstić information content (AvgIpc) is 3.59. The number of aliphatic hydroxyl groups is 1. The van der Waals surface area contributed by atoms with Gasteiger partial charge in [0.05, 0.1) is 47.4 Å². The minimum Gasteiger partial charge on any atom is -0.485 e. The van der Waals surface area contributed by atoms with Crippen molar-refractivity contribution in [3.05, 3.63) is 46.8 Å². The molecule has 8 heteroatoms. The second kappa shape index (κ2) is 7.65. The van der Waals surface area contributed by atoms with Gasteiger partial charge in [0.15, 0.2) is 11.6 Å². The Kier molecular flexibility index (Phi) is 5.28. The predicted molar refractivity (Wildman–Crippen MR) is 128 cm³/mol. The maximum Gasteiger partial charge on any atom is 0.181 e. The van der Waals surface area contributed by atoms with Crippen LogP contribution in [0.2, 0.25) is 0 Å². The summed E-state index contributed by atoms with van der Waals surface area (Å²) in [6.07, 6.45) is 1.92. The number of ether oxygens (including phenoxy) is 2. The summed E-state index contributed by atoms with van der Waals surface area (Å²) < 4.78 is 12.1. The van der Waals surface area contributed by atoms with E-state index in [1.54, 1.807) is 11.8 Å². The maximum atomic E-state index is 9.73. The number of thioether (sulfide) groups is 1. The van der Waals surface area contributed by atoms with Gasteiger partial charge < -0.3 is 30.1 Å². The Morgan fingerprint density at radius 3 is 2.62 bits per heavy atom. The van der Waals surface area contributed by atoms with Crippen LogP contribution in [0.1, 0.15) is 45.0 Å². The number of aliphatic hydroxyl groups excluding tert-OH is 1. The van der Waals surface area contributed by atoms with Crippen molar-refractivity contribution in [1.29, 1.82) is 0 Å². The van der Waals surface area contributed by atoms with Crippen LogP contribution in [0.5, 0.6) is 0 Å². The van der Waals surface area contributed by atoms with Crippen LogP contribution in [0, 0.1) is 0 Å². The number of amidine groups is 1. The zero-order valence-corrected chi connectivity index (χ0v) is 20.4. The van der Waals surface area contributed by atoms with Crippen molar-refractivity contribution in [2.24, 2.45) is 4.99 Å². The molecule has 0 aromatic heterocycles. The molecule has 4 aliphatic rings. The normalized spacial score (nSPS) is 34.2. The molecule has 0 aliphatic carbocycles. The van der Waals surface area contributed by atoms with Crippen molar-refractivity contribution in [2.45, 2.75) is 55.7 Å². The molecule has 3 N–H and O–H groups in total. The highest BCUT2D eigenvalue weighted by molar-refractivity contribution is 8.00. The SMILES string of the molecule is CSC(C)(C)C1=C2OC[C@]3(C)COC[C@@H](C)N3C2=NC(c2ccc(C3(CO)CN3)cc2)N1. The number of morpholine rings is 2. The topological polar surface area (TPSA) is 88.3 Å². The first-order chi connectivity index (χ1) is 15.2. The van der Waals surface area contributed by atoms with Crippen LogP contribution in [-0.2, 0) is 15.0 Å². The molecule has 0 saturated carbocycles. The molecule has 0 spiro atoms. The Hall–Kier alpha value is -1.74. The number of hydrogen-bond donors (Lipinski definition) is 3. The van der Waals surface area contributed by atoms with E-state index in [0.717, 1.165) is 35.0 Å². The van der Waals surface area contributed by atoms with Gasteiger partial charge in [-0.25, -0.2) is 4.99 Å². The first-order valence-electron chi connectivity index (χ1n) is 11.3. The lowest BCUT2D eigenvalue weighted by Crippen LogP contribution is -2.67. The highest BCUT2D eigenvalue weighted by Crippen LogP contribution is 2.42. The number of hydrogen-bond acceptors (Lipinski definition) is 8. The monoisotopic (exact) mass is 458 g/mol. The molecule has 4 atom stereocenters. The van der Waals surface area contributed by atoms with E-state index in [1.807, 2.05) is 0 Å². The van der Waals surface area contributed by atoms with Crippen LogP contribution >= 0.6 is 11.8 Å². The molecule has 1 aromatic carbocycles. The van der Waals surface area contributed by atoms with E-state index in [9.17, 15) is 5.11 Å². The quantitative estimate of drug-likeness (QED) is 0.584. The van der Waals surface area contributed by atoms with Gasteiger partial charge in [-0.05, 0) is 45.1 Å². The fraction of sp³-hybridized carbons (Fsp3) is 0.625. The lowest BCUT2D eigenvalue weighted by Gasteiger charge is -2.54. The molecule has 0 bridgehead atoms. The first kappa shape index (κ1) is 22.1. The highest BCUT2D eigenvalue weighted by atomic mass is 32.2. The molecule has 0 amide bonds. The fourth-order valence-corrected chi connectivity index (χ4v) is 5.33. The maximum absolute atomic E-state index is 9.73. The van der Waals surface area contributed by atoms with Gasteiger partial charge in [0.2, 0.25) is 0 Å². The Balaban J connectivity index is 1.56. The summed E-state index contributed by atoms with van der Waals surface area (Å²) in [5, 5.41) is 16.7. The molecular formula is C24H34N4O3S. The third kappa shape index (κ3) is 3.43. The van der Waals surface area contributed by atoms with Gasteiger partial charge in [-0.15, -0.1) is 0 Å². The van der Waals surface area contributed by atoms with E-state index in [4.69, 9.17) is 14.5 Å². The summed E-state index contributed by atoms with van der Waals surface area (Å²) in [5.41, 5.74) is 2.79. The number of benzene rings is 1. The number of fused-ring (bicyclic) bond motifs is 3. The zero-order chi connectivity index (χ0) is 22.7. The number of nitrogens with one attached hydrogen (secondary N) is 2. The molecule has 174 valence electrons. The van der Waals surface area contributed by atoms with Crippen LogP contribution < -0.4 is 10.6 Å². The third-order valence-corrected chi connectivity index (χ3v) is 8.50. The van der Waals surface area contributed by atoms with E-state index in [-0.39, 0.29) is 34.6 Å². The van der Waals surface area contributed by atoms with Crippen molar-refractivity contribution in [1.82, 2.24) is 15.5 Å². The molecule has 3 fully saturated rings. The van der Waals surface area contributed by atoms with Crippen molar-refractivity contribution in [2.75, 3.05) is 39.2 Å². The van der Waals surface area contributed by atoms with E-state index in [0.29, 0.717) is 19.8 Å². The lowest BCUT2D eigenvalue weighted by molar-refractivity contribution is -0.0949. The average molecular weight is 459 g/mol. The summed E-state index contributed by atoms with van der Waals surface area (Å²) >= 11 is 1.80. The molecule has 32 heavy (non-hydrogen) atoms. The largest absolute Gasteiger partial charge is 0.485 e. The Morgan fingerprint density at radius 1 is 1.28 bits per heavy atom. The Bertz CT molecular complexity index is 956. The van der Waals surface area contributed by atoms with Gasteiger partial charge in [0.1, 0.15) is 12.8 Å². The number of rotatable bonds is 5. The van der Waals surface area contributed by atoms with Gasteiger partial charge in [-0.3, -0.25) is 0 Å². The standard InChI is InChI=1S/C24H34N4O3S/c1-15-10-30-13-23(4)14-31-18-19(22(2,3)32-5)26-20(27-21(18)28(15)23)16-6-8-17(9-7-16)24(12-29)11-25-24/h6-9,15,20,25-26,29H,10-14H2,1-5H3/t15-,20?,23+,24?/m1/s1. The summed E-state index contributed by atoms with van der Waals surface area (Å²) in [4.78, 5) is 7.62. The van der Waals surface area contributed by atoms with Gasteiger partial charge >= 0.3 is 0 Å². The van der Waals surface area contributed by atoms with Crippen LogP contribution in [0.3, 0.4) is 0 Å². The van der Waals surface area contributed by atoms with E-state index < -0.39 is 0 Å². The van der Waals surface area contributed by atoms with E-state index in [1.165, 1.54) is 0 Å². The molecule has 5 rings (SSSR count). The van der Waals surface area contributed by atoms with Gasteiger partial charge in [-0.1, -0.05) is 24.3 Å². The molecule has 0 radical (unpaired) electrons. The fourth-order valence-electron chi connectivity index (χ4n) is 4.97. The first-order valence-corrected chi connectivity index (χ1v) is 12.6. The summed E-state index contributed by atoms with van der Waals surface area (Å²) in [7, 11) is 0. The van der Waals surface area contributed by atoms with Crippen molar-refractivity contribution >= 4 is 17.6 Å². The second-order valence-electron chi connectivity index (χ2n) is 10.2. The highest BCUT2D eigenvalue weighted by Gasteiger charge is 2.50. The summed E-state index contributed by atoms with van der Waals surface area (Å²) in [6.45, 7) is 11.7. The van der Waals surface area contributed by atoms with E-state index >= 15 is 0 Å². The summed E-state index contributed by atoms with van der Waals surface area (Å²) in [6, 6.07) is 8.66. The van der Waals surface area contributed by atoms with Gasteiger partial charge in [0.25, 0.3) is 0 Å². The van der Waals surface area contributed by atoms with Gasteiger partial charge in [0, 0.05) is 6.54 Å². The van der Waals surface area contributed by atoms with Gasteiger partial charge in [-0.2, -0.15) is 11.8 Å².